The molecule has 0 aliphatic heterocycles. The molecule has 0 saturated carbocycles. The summed E-state index contributed by atoms with van der Waals surface area (Å²) in [6.07, 6.45) is 1.92. The van der Waals surface area contributed by atoms with E-state index in [0.717, 1.165) is 28.9 Å². The van der Waals surface area contributed by atoms with Gasteiger partial charge >= 0.3 is 0 Å². The zero-order chi connectivity index (χ0) is 16.2. The lowest BCUT2D eigenvalue weighted by Crippen LogP contribution is -2.05. The molecule has 0 atom stereocenters. The maximum Gasteiger partial charge on any atom is 0.119 e. The maximum atomic E-state index is 6.22. The molecule has 0 unspecified atom stereocenters. The van der Waals surface area contributed by atoms with Gasteiger partial charge in [0.15, 0.2) is 0 Å². The van der Waals surface area contributed by atoms with Crippen molar-refractivity contribution >= 4 is 28.2 Å². The predicted octanol–water partition coefficient (Wildman–Crippen LogP) is 5.29. The van der Waals surface area contributed by atoms with Crippen LogP contribution in [0.2, 0.25) is 5.02 Å². The van der Waals surface area contributed by atoms with E-state index in [-0.39, 0.29) is 6.10 Å². The molecule has 0 aliphatic carbocycles. The second-order valence-electron chi connectivity index (χ2n) is 5.66. The Morgan fingerprint density at radius 2 is 1.87 bits per heavy atom. The van der Waals surface area contributed by atoms with Gasteiger partial charge in [-0.2, -0.15) is 0 Å². The van der Waals surface area contributed by atoms with E-state index in [1.807, 2.05) is 44.2 Å². The molecule has 0 aliphatic rings. The lowest BCUT2D eigenvalue weighted by molar-refractivity contribution is 0.242. The smallest absolute Gasteiger partial charge is 0.119 e. The number of benzene rings is 2. The maximum absolute atomic E-state index is 6.22. The molecule has 23 heavy (non-hydrogen) atoms. The lowest BCUT2D eigenvalue weighted by Gasteiger charge is -2.12. The Hall–Kier alpha value is -2.26. The van der Waals surface area contributed by atoms with Gasteiger partial charge in [-0.1, -0.05) is 35.9 Å². The molecule has 1 heterocycles. The van der Waals surface area contributed by atoms with Gasteiger partial charge in [0.1, 0.15) is 5.75 Å². The predicted molar refractivity (Wildman–Crippen MR) is 96.3 cm³/mol. The summed E-state index contributed by atoms with van der Waals surface area (Å²) in [5, 5.41) is 5.10. The van der Waals surface area contributed by atoms with Crippen molar-refractivity contribution in [1.29, 1.82) is 0 Å². The minimum atomic E-state index is 0.186. The van der Waals surface area contributed by atoms with Gasteiger partial charge in [-0.15, -0.1) is 0 Å². The fourth-order valence-corrected chi connectivity index (χ4v) is 2.65. The number of aromatic nitrogens is 1. The van der Waals surface area contributed by atoms with Crippen LogP contribution in [0.15, 0.2) is 54.7 Å². The lowest BCUT2D eigenvalue weighted by atomic mass is 10.1. The first-order valence-electron chi connectivity index (χ1n) is 7.66. The molecule has 3 nitrogen and oxygen atoms in total. The molecule has 0 spiro atoms. The van der Waals surface area contributed by atoms with Gasteiger partial charge in [0.25, 0.3) is 0 Å². The van der Waals surface area contributed by atoms with Crippen molar-refractivity contribution in [3.05, 3.63) is 65.3 Å². The number of ether oxygens (including phenoxy) is 1. The van der Waals surface area contributed by atoms with Crippen LogP contribution in [0, 0.1) is 0 Å². The van der Waals surface area contributed by atoms with Crippen molar-refractivity contribution in [2.24, 2.45) is 0 Å². The largest absolute Gasteiger partial charge is 0.491 e. The SMILES string of the molecule is CC(C)Oc1ccc(CNc2cccc3c(Cl)ccnc23)cc1. The summed E-state index contributed by atoms with van der Waals surface area (Å²) in [5.74, 6) is 0.891. The molecule has 4 heteroatoms. The number of hydrogen-bond acceptors (Lipinski definition) is 3. The van der Waals surface area contributed by atoms with Crippen LogP contribution in [-0.4, -0.2) is 11.1 Å². The Balaban J connectivity index is 1.75. The van der Waals surface area contributed by atoms with E-state index in [4.69, 9.17) is 16.3 Å². The molecule has 0 radical (unpaired) electrons. The number of fused-ring (bicyclic) bond motifs is 1. The van der Waals surface area contributed by atoms with Crippen molar-refractivity contribution in [3.8, 4) is 5.75 Å². The van der Waals surface area contributed by atoms with Crippen LogP contribution in [0.4, 0.5) is 5.69 Å². The summed E-state index contributed by atoms with van der Waals surface area (Å²) in [7, 11) is 0. The number of nitrogens with one attached hydrogen (secondary N) is 1. The minimum Gasteiger partial charge on any atom is -0.491 e. The van der Waals surface area contributed by atoms with Crippen LogP contribution >= 0.6 is 11.6 Å². The van der Waals surface area contributed by atoms with Gasteiger partial charge in [-0.25, -0.2) is 0 Å². The van der Waals surface area contributed by atoms with Crippen molar-refractivity contribution in [2.45, 2.75) is 26.5 Å². The van der Waals surface area contributed by atoms with E-state index in [9.17, 15) is 0 Å². The second kappa shape index (κ2) is 6.88. The molecule has 0 bridgehead atoms. The first-order chi connectivity index (χ1) is 11.1. The molecule has 1 N–H and O–H groups in total. The van der Waals surface area contributed by atoms with Crippen LogP contribution in [0.5, 0.6) is 5.75 Å². The van der Waals surface area contributed by atoms with E-state index in [2.05, 4.69) is 22.4 Å². The zero-order valence-electron chi connectivity index (χ0n) is 13.2. The average Bonchev–Trinajstić information content (AvgIpc) is 2.54. The van der Waals surface area contributed by atoms with Gasteiger partial charge in [-0.05, 0) is 43.7 Å². The van der Waals surface area contributed by atoms with Gasteiger partial charge in [0.2, 0.25) is 0 Å². The number of anilines is 1. The van der Waals surface area contributed by atoms with Crippen LogP contribution in [-0.2, 0) is 6.54 Å². The molecular weight excluding hydrogens is 308 g/mol. The Kier molecular flexibility index (Phi) is 4.68. The van der Waals surface area contributed by atoms with Crippen molar-refractivity contribution in [2.75, 3.05) is 5.32 Å². The molecule has 2 aromatic carbocycles. The van der Waals surface area contributed by atoms with Gasteiger partial charge in [-0.3, -0.25) is 4.98 Å². The Labute approximate surface area is 141 Å². The van der Waals surface area contributed by atoms with Crippen molar-refractivity contribution < 1.29 is 4.74 Å². The van der Waals surface area contributed by atoms with E-state index in [1.165, 1.54) is 5.56 Å². The van der Waals surface area contributed by atoms with Gasteiger partial charge in [0.05, 0.1) is 22.3 Å². The molecule has 0 amide bonds. The van der Waals surface area contributed by atoms with Crippen LogP contribution < -0.4 is 10.1 Å². The molecule has 3 rings (SSSR count). The molecule has 0 fully saturated rings. The van der Waals surface area contributed by atoms with Gasteiger partial charge in [0, 0.05) is 18.1 Å². The van der Waals surface area contributed by atoms with Crippen LogP contribution in [0.25, 0.3) is 10.9 Å². The summed E-state index contributed by atoms with van der Waals surface area (Å²) in [6, 6.07) is 15.9. The molecule has 1 aromatic heterocycles. The van der Waals surface area contributed by atoms with E-state index < -0.39 is 0 Å². The third-order valence-electron chi connectivity index (χ3n) is 3.50. The zero-order valence-corrected chi connectivity index (χ0v) is 14.0. The fourth-order valence-electron chi connectivity index (χ4n) is 2.44. The highest BCUT2D eigenvalue weighted by molar-refractivity contribution is 6.35. The first kappa shape index (κ1) is 15.6. The number of hydrogen-bond donors (Lipinski definition) is 1. The fraction of sp³-hybridized carbons (Fsp3) is 0.211. The summed E-state index contributed by atoms with van der Waals surface area (Å²) in [6.45, 7) is 4.76. The first-order valence-corrected chi connectivity index (χ1v) is 8.04. The third kappa shape index (κ3) is 3.74. The average molecular weight is 327 g/mol. The number of nitrogens with zero attached hydrogens (tertiary/aromatic N) is 1. The standard InChI is InChI=1S/C19H19ClN2O/c1-13(2)23-15-8-6-14(7-9-15)12-22-18-5-3-4-16-17(20)10-11-21-19(16)18/h3-11,13,22H,12H2,1-2H3. The highest BCUT2D eigenvalue weighted by atomic mass is 35.5. The summed E-state index contributed by atoms with van der Waals surface area (Å²) in [5.41, 5.74) is 3.05. The minimum absolute atomic E-state index is 0.186. The van der Waals surface area contributed by atoms with Crippen molar-refractivity contribution in [3.63, 3.8) is 0 Å². The topological polar surface area (TPSA) is 34.1 Å². The second-order valence-corrected chi connectivity index (χ2v) is 6.07. The molecule has 0 saturated heterocycles. The monoisotopic (exact) mass is 326 g/mol. The highest BCUT2D eigenvalue weighted by Gasteiger charge is 2.05. The van der Waals surface area contributed by atoms with E-state index in [1.54, 1.807) is 12.3 Å². The molecule has 118 valence electrons. The normalized spacial score (nSPS) is 11.0. The Morgan fingerprint density at radius 1 is 1.09 bits per heavy atom. The Bertz CT molecular complexity index is 800. The summed E-state index contributed by atoms with van der Waals surface area (Å²) in [4.78, 5) is 4.43. The summed E-state index contributed by atoms with van der Waals surface area (Å²) < 4.78 is 5.66. The number of pyridine rings is 1. The number of para-hydroxylation sites is 1. The third-order valence-corrected chi connectivity index (χ3v) is 3.83. The Morgan fingerprint density at radius 3 is 2.61 bits per heavy atom. The number of halogens is 1. The van der Waals surface area contributed by atoms with Crippen LogP contribution in [0.1, 0.15) is 19.4 Å². The van der Waals surface area contributed by atoms with Gasteiger partial charge < -0.3 is 10.1 Å². The molecular formula is C19H19ClN2O. The van der Waals surface area contributed by atoms with Crippen LogP contribution in [0.3, 0.4) is 0 Å². The quantitative estimate of drug-likeness (QED) is 0.692. The van der Waals surface area contributed by atoms with E-state index in [0.29, 0.717) is 5.02 Å². The van der Waals surface area contributed by atoms with Crippen molar-refractivity contribution in [1.82, 2.24) is 4.98 Å². The van der Waals surface area contributed by atoms with E-state index >= 15 is 0 Å². The summed E-state index contributed by atoms with van der Waals surface area (Å²) >= 11 is 6.22. The highest BCUT2D eigenvalue weighted by Crippen LogP contribution is 2.27. The number of rotatable bonds is 5. The molecule has 3 aromatic rings.